The zero-order valence-corrected chi connectivity index (χ0v) is 5.98. The highest BCUT2D eigenvalue weighted by Crippen LogP contribution is 1.87. The van der Waals surface area contributed by atoms with E-state index >= 15 is 0 Å². The maximum Gasteiger partial charge on any atom is 0.317 e. The van der Waals surface area contributed by atoms with Crippen molar-refractivity contribution in [3.8, 4) is 0 Å². The Balaban J connectivity index is 3.01. The van der Waals surface area contributed by atoms with E-state index in [1.54, 1.807) is 6.92 Å². The van der Waals surface area contributed by atoms with E-state index in [2.05, 4.69) is 5.32 Å². The van der Waals surface area contributed by atoms with E-state index in [0.717, 1.165) is 0 Å². The molecule has 0 bridgehead atoms. The van der Waals surface area contributed by atoms with Crippen LogP contribution in [0.3, 0.4) is 0 Å². The van der Waals surface area contributed by atoms with E-state index in [1.807, 2.05) is 0 Å². The molecule has 0 aliphatic carbocycles. The van der Waals surface area contributed by atoms with Crippen molar-refractivity contribution in [1.82, 2.24) is 5.32 Å². The van der Waals surface area contributed by atoms with Crippen molar-refractivity contribution in [2.24, 2.45) is 0 Å². The fourth-order valence-corrected chi connectivity index (χ4v) is 0.487. The minimum absolute atomic E-state index is 0.00986. The fourth-order valence-electron chi connectivity index (χ4n) is 0.378. The van der Waals surface area contributed by atoms with Gasteiger partial charge in [0.1, 0.15) is 0 Å². The van der Waals surface area contributed by atoms with Gasteiger partial charge in [0.05, 0.1) is 6.54 Å². The van der Waals surface area contributed by atoms with Crippen LogP contribution in [0.15, 0.2) is 0 Å². The Kier molecular flexibility index (Phi) is 4.44. The van der Waals surface area contributed by atoms with Gasteiger partial charge in [-0.15, -0.1) is 11.6 Å². The standard InChI is InChI=1S/C5H10ClNO2/c1-4(6)2-7-3-5(8)9/h4,7H,2-3H2,1H3,(H,8,9). The van der Waals surface area contributed by atoms with E-state index in [0.29, 0.717) is 6.54 Å². The first-order valence-corrected chi connectivity index (χ1v) is 3.13. The average molecular weight is 152 g/mol. The third-order valence-electron chi connectivity index (χ3n) is 0.702. The van der Waals surface area contributed by atoms with Crippen LogP contribution < -0.4 is 5.32 Å². The summed E-state index contributed by atoms with van der Waals surface area (Å²) >= 11 is 5.51. The van der Waals surface area contributed by atoms with Crippen molar-refractivity contribution in [2.75, 3.05) is 13.1 Å². The maximum absolute atomic E-state index is 9.88. The SMILES string of the molecule is CC(Cl)CNCC(=O)O. The van der Waals surface area contributed by atoms with Gasteiger partial charge in [0.2, 0.25) is 0 Å². The van der Waals surface area contributed by atoms with Gasteiger partial charge >= 0.3 is 5.97 Å². The molecule has 2 N–H and O–H groups in total. The van der Waals surface area contributed by atoms with E-state index in [1.165, 1.54) is 0 Å². The lowest BCUT2D eigenvalue weighted by molar-refractivity contribution is -0.135. The molecule has 0 saturated heterocycles. The van der Waals surface area contributed by atoms with E-state index in [-0.39, 0.29) is 11.9 Å². The quantitative estimate of drug-likeness (QED) is 0.568. The Hall–Kier alpha value is -0.280. The molecule has 1 unspecified atom stereocenters. The third kappa shape index (κ3) is 7.72. The summed E-state index contributed by atoms with van der Waals surface area (Å²) in [5, 5.41) is 10.8. The number of alkyl halides is 1. The zero-order valence-electron chi connectivity index (χ0n) is 5.22. The lowest BCUT2D eigenvalue weighted by atomic mass is 10.4. The van der Waals surface area contributed by atoms with Crippen LogP contribution in [0, 0.1) is 0 Å². The summed E-state index contributed by atoms with van der Waals surface area (Å²) in [5.74, 6) is -0.854. The van der Waals surface area contributed by atoms with Crippen LogP contribution in [0.1, 0.15) is 6.92 Å². The van der Waals surface area contributed by atoms with Gasteiger partial charge in [0.15, 0.2) is 0 Å². The Morgan fingerprint density at radius 2 is 2.44 bits per heavy atom. The number of rotatable bonds is 4. The molecule has 0 radical (unpaired) electrons. The lowest BCUT2D eigenvalue weighted by Gasteiger charge is -2.01. The van der Waals surface area contributed by atoms with Crippen molar-refractivity contribution in [1.29, 1.82) is 0 Å². The molecule has 3 nitrogen and oxygen atoms in total. The van der Waals surface area contributed by atoms with E-state index in [4.69, 9.17) is 16.7 Å². The number of halogens is 1. The zero-order chi connectivity index (χ0) is 7.28. The number of nitrogens with one attached hydrogen (secondary N) is 1. The molecule has 0 heterocycles. The van der Waals surface area contributed by atoms with Gasteiger partial charge in [-0.05, 0) is 6.92 Å². The molecule has 0 rings (SSSR count). The molecule has 9 heavy (non-hydrogen) atoms. The predicted octanol–water partition coefficient (Wildman–Crippen LogP) is 0.288. The second-order valence-corrected chi connectivity index (χ2v) is 2.55. The van der Waals surface area contributed by atoms with Crippen molar-refractivity contribution >= 4 is 17.6 Å². The van der Waals surface area contributed by atoms with Gasteiger partial charge < -0.3 is 10.4 Å². The minimum Gasteiger partial charge on any atom is -0.480 e. The summed E-state index contributed by atoms with van der Waals surface area (Å²) in [4.78, 5) is 9.88. The molecule has 0 aliphatic rings. The van der Waals surface area contributed by atoms with Gasteiger partial charge in [0.25, 0.3) is 0 Å². The summed E-state index contributed by atoms with van der Waals surface area (Å²) in [6, 6.07) is 0. The largest absolute Gasteiger partial charge is 0.480 e. The van der Waals surface area contributed by atoms with Crippen molar-refractivity contribution in [2.45, 2.75) is 12.3 Å². The van der Waals surface area contributed by atoms with Crippen LogP contribution in [0.25, 0.3) is 0 Å². The molecule has 0 saturated carbocycles. The molecule has 4 heteroatoms. The van der Waals surface area contributed by atoms with Gasteiger partial charge in [-0.2, -0.15) is 0 Å². The smallest absolute Gasteiger partial charge is 0.317 e. The Morgan fingerprint density at radius 3 is 2.78 bits per heavy atom. The number of carboxylic acid groups (broad SMARTS) is 1. The van der Waals surface area contributed by atoms with Crippen LogP contribution in [0.2, 0.25) is 0 Å². The molecule has 0 aromatic heterocycles. The van der Waals surface area contributed by atoms with Crippen LogP contribution in [0.5, 0.6) is 0 Å². The van der Waals surface area contributed by atoms with Gasteiger partial charge in [0, 0.05) is 11.9 Å². The number of hydrogen-bond donors (Lipinski definition) is 2. The Bertz CT molecular complexity index is 95.0. The maximum atomic E-state index is 9.88. The second-order valence-electron chi connectivity index (χ2n) is 1.81. The molecule has 54 valence electrons. The van der Waals surface area contributed by atoms with Crippen molar-refractivity contribution in [3.05, 3.63) is 0 Å². The summed E-state index contributed by atoms with van der Waals surface area (Å²) in [5.41, 5.74) is 0. The van der Waals surface area contributed by atoms with Crippen LogP contribution in [-0.2, 0) is 4.79 Å². The molecule has 0 aromatic carbocycles. The number of carbonyl (C=O) groups is 1. The first-order chi connectivity index (χ1) is 4.13. The monoisotopic (exact) mass is 151 g/mol. The Labute approximate surface area is 59.0 Å². The molecular weight excluding hydrogens is 142 g/mol. The van der Waals surface area contributed by atoms with Crippen LogP contribution in [-0.4, -0.2) is 29.5 Å². The lowest BCUT2D eigenvalue weighted by Crippen LogP contribution is -2.27. The average Bonchev–Trinajstić information content (AvgIpc) is 1.63. The molecule has 0 spiro atoms. The summed E-state index contributed by atoms with van der Waals surface area (Å²) < 4.78 is 0. The number of aliphatic carboxylic acids is 1. The summed E-state index contributed by atoms with van der Waals surface area (Å²) in [6.07, 6.45) is 0. The number of carboxylic acids is 1. The molecule has 0 amide bonds. The first-order valence-electron chi connectivity index (χ1n) is 2.69. The van der Waals surface area contributed by atoms with Crippen molar-refractivity contribution < 1.29 is 9.90 Å². The molecule has 0 aromatic rings. The topological polar surface area (TPSA) is 49.3 Å². The first kappa shape index (κ1) is 8.72. The normalized spacial score (nSPS) is 13.1. The van der Waals surface area contributed by atoms with Crippen LogP contribution in [0.4, 0.5) is 0 Å². The number of hydrogen-bond acceptors (Lipinski definition) is 2. The van der Waals surface area contributed by atoms with Gasteiger partial charge in [-0.25, -0.2) is 0 Å². The minimum atomic E-state index is -0.854. The van der Waals surface area contributed by atoms with Gasteiger partial charge in [-0.3, -0.25) is 4.79 Å². The summed E-state index contributed by atoms with van der Waals surface area (Å²) in [7, 11) is 0. The molecular formula is C5H10ClNO2. The molecule has 0 fully saturated rings. The molecule has 0 aliphatic heterocycles. The van der Waals surface area contributed by atoms with Crippen LogP contribution >= 0.6 is 11.6 Å². The van der Waals surface area contributed by atoms with E-state index < -0.39 is 5.97 Å². The second kappa shape index (κ2) is 4.58. The highest BCUT2D eigenvalue weighted by atomic mass is 35.5. The van der Waals surface area contributed by atoms with Crippen molar-refractivity contribution in [3.63, 3.8) is 0 Å². The third-order valence-corrected chi connectivity index (χ3v) is 0.856. The fraction of sp³-hybridized carbons (Fsp3) is 0.800. The summed E-state index contributed by atoms with van der Waals surface area (Å²) in [6.45, 7) is 2.32. The predicted molar refractivity (Wildman–Crippen MR) is 35.8 cm³/mol. The highest BCUT2D eigenvalue weighted by Gasteiger charge is 1.97. The van der Waals surface area contributed by atoms with Gasteiger partial charge in [-0.1, -0.05) is 0 Å². The molecule has 1 atom stereocenters. The Morgan fingerprint density at radius 1 is 1.89 bits per heavy atom. The van der Waals surface area contributed by atoms with E-state index in [9.17, 15) is 4.79 Å². The highest BCUT2D eigenvalue weighted by molar-refractivity contribution is 6.20.